The minimum Gasteiger partial charge on any atom is -0.383 e. The smallest absolute Gasteiger partial charge is 0.314 e. The second-order valence-corrected chi connectivity index (χ2v) is 6.40. The molecule has 0 bridgehead atoms. The summed E-state index contributed by atoms with van der Waals surface area (Å²) in [5.41, 5.74) is 1.75. The Labute approximate surface area is 146 Å². The molecule has 0 aliphatic rings. The first-order chi connectivity index (χ1) is 12.0. The highest BCUT2D eigenvalue weighted by Crippen LogP contribution is 2.19. The number of aryl methyl sites for hydroxylation is 1. The van der Waals surface area contributed by atoms with Gasteiger partial charge in [-0.15, -0.1) is 0 Å². The zero-order chi connectivity index (χ0) is 17.9. The Bertz CT molecular complexity index is 865. The van der Waals surface area contributed by atoms with Crippen molar-refractivity contribution in [3.05, 3.63) is 54.0 Å². The van der Waals surface area contributed by atoms with E-state index in [4.69, 9.17) is 0 Å². The number of aromatic nitrogens is 3. The summed E-state index contributed by atoms with van der Waals surface area (Å²) in [7, 11) is 1.78. The normalized spacial score (nSPS) is 13.6. The minimum absolute atomic E-state index is 0.109. The number of rotatable bonds is 6. The SMILES string of the molecule is Cn1cc(C(C)(O)CNC(=O)NCCc2c[nH]c3ccccc23)cn1. The van der Waals surface area contributed by atoms with Crippen LogP contribution in [0.1, 0.15) is 18.1 Å². The van der Waals surface area contributed by atoms with Gasteiger partial charge in [-0.05, 0) is 25.0 Å². The number of nitrogens with zero attached hydrogens (tertiary/aromatic N) is 2. The van der Waals surface area contributed by atoms with Gasteiger partial charge in [-0.25, -0.2) is 4.79 Å². The van der Waals surface area contributed by atoms with Crippen LogP contribution in [0.25, 0.3) is 10.9 Å². The lowest BCUT2D eigenvalue weighted by Gasteiger charge is -2.22. The number of hydrogen-bond donors (Lipinski definition) is 4. The molecular formula is C18H23N5O2. The molecule has 0 aliphatic heterocycles. The van der Waals surface area contributed by atoms with Crippen LogP contribution >= 0.6 is 0 Å². The van der Waals surface area contributed by atoms with Gasteiger partial charge in [0.25, 0.3) is 0 Å². The van der Waals surface area contributed by atoms with Crippen molar-refractivity contribution in [3.63, 3.8) is 0 Å². The van der Waals surface area contributed by atoms with Gasteiger partial charge in [0.15, 0.2) is 0 Å². The minimum atomic E-state index is -1.16. The Morgan fingerprint density at radius 2 is 2.16 bits per heavy atom. The number of aliphatic hydroxyl groups is 1. The summed E-state index contributed by atoms with van der Waals surface area (Å²) in [6.07, 6.45) is 6.03. The van der Waals surface area contributed by atoms with E-state index in [0.717, 1.165) is 11.9 Å². The van der Waals surface area contributed by atoms with Crippen molar-refractivity contribution < 1.29 is 9.90 Å². The average molecular weight is 341 g/mol. The number of carbonyl (C=O) groups is 1. The topological polar surface area (TPSA) is 95.0 Å². The summed E-state index contributed by atoms with van der Waals surface area (Å²) < 4.78 is 1.62. The maximum Gasteiger partial charge on any atom is 0.314 e. The van der Waals surface area contributed by atoms with E-state index in [9.17, 15) is 9.90 Å². The van der Waals surface area contributed by atoms with Crippen LogP contribution in [0.5, 0.6) is 0 Å². The first kappa shape index (κ1) is 17.0. The fourth-order valence-corrected chi connectivity index (χ4v) is 2.77. The number of amides is 2. The highest BCUT2D eigenvalue weighted by Gasteiger charge is 2.25. The van der Waals surface area contributed by atoms with Crippen LogP contribution in [-0.4, -0.2) is 39.0 Å². The van der Waals surface area contributed by atoms with Crippen molar-refractivity contribution >= 4 is 16.9 Å². The summed E-state index contributed by atoms with van der Waals surface area (Å²) in [6, 6.07) is 7.78. The van der Waals surface area contributed by atoms with E-state index in [2.05, 4.69) is 26.8 Å². The molecule has 0 aliphatic carbocycles. The number of para-hydroxylation sites is 1. The van der Waals surface area contributed by atoms with Crippen LogP contribution in [0.15, 0.2) is 42.9 Å². The second kappa shape index (κ2) is 6.98. The van der Waals surface area contributed by atoms with Crippen LogP contribution in [-0.2, 0) is 19.1 Å². The zero-order valence-corrected chi connectivity index (χ0v) is 14.4. The summed E-state index contributed by atoms with van der Waals surface area (Å²) in [6.45, 7) is 2.27. The quantitative estimate of drug-likeness (QED) is 0.549. The maximum absolute atomic E-state index is 12.0. The third-order valence-corrected chi connectivity index (χ3v) is 4.27. The van der Waals surface area contributed by atoms with Gasteiger partial charge in [0.1, 0.15) is 5.60 Å². The summed E-state index contributed by atoms with van der Waals surface area (Å²) >= 11 is 0. The summed E-state index contributed by atoms with van der Waals surface area (Å²) in [5, 5.41) is 21.2. The van der Waals surface area contributed by atoms with Crippen LogP contribution in [0, 0.1) is 0 Å². The van der Waals surface area contributed by atoms with Gasteiger partial charge in [0.05, 0.1) is 12.7 Å². The van der Waals surface area contributed by atoms with Gasteiger partial charge in [0, 0.05) is 42.5 Å². The van der Waals surface area contributed by atoms with Crippen molar-refractivity contribution in [2.75, 3.05) is 13.1 Å². The van der Waals surface area contributed by atoms with Crippen LogP contribution in [0.4, 0.5) is 4.79 Å². The Morgan fingerprint density at radius 1 is 1.36 bits per heavy atom. The van der Waals surface area contributed by atoms with Gasteiger partial charge < -0.3 is 20.7 Å². The van der Waals surface area contributed by atoms with Gasteiger partial charge in [-0.1, -0.05) is 18.2 Å². The molecule has 0 radical (unpaired) electrons. The van der Waals surface area contributed by atoms with Gasteiger partial charge >= 0.3 is 6.03 Å². The van der Waals surface area contributed by atoms with Crippen LogP contribution in [0.2, 0.25) is 0 Å². The molecule has 3 rings (SSSR count). The fourth-order valence-electron chi connectivity index (χ4n) is 2.77. The Hall–Kier alpha value is -2.80. The van der Waals surface area contributed by atoms with E-state index < -0.39 is 5.60 Å². The van der Waals surface area contributed by atoms with E-state index in [1.54, 1.807) is 31.0 Å². The Balaban J connectivity index is 1.47. The lowest BCUT2D eigenvalue weighted by Crippen LogP contribution is -2.43. The molecule has 1 aromatic carbocycles. The van der Waals surface area contributed by atoms with E-state index >= 15 is 0 Å². The van der Waals surface area contributed by atoms with Crippen LogP contribution < -0.4 is 10.6 Å². The van der Waals surface area contributed by atoms with Crippen molar-refractivity contribution in [3.8, 4) is 0 Å². The van der Waals surface area contributed by atoms with Crippen molar-refractivity contribution in [1.82, 2.24) is 25.4 Å². The molecular weight excluding hydrogens is 318 g/mol. The Morgan fingerprint density at radius 3 is 2.92 bits per heavy atom. The van der Waals surface area contributed by atoms with E-state index in [0.29, 0.717) is 12.1 Å². The molecule has 2 heterocycles. The van der Waals surface area contributed by atoms with E-state index in [1.807, 2.05) is 24.4 Å². The zero-order valence-electron chi connectivity index (χ0n) is 14.4. The summed E-state index contributed by atoms with van der Waals surface area (Å²) in [5.74, 6) is 0. The molecule has 3 aromatic rings. The van der Waals surface area contributed by atoms with Gasteiger partial charge in [-0.2, -0.15) is 5.10 Å². The molecule has 0 saturated carbocycles. The molecule has 0 fully saturated rings. The van der Waals surface area contributed by atoms with Gasteiger partial charge in [-0.3, -0.25) is 4.68 Å². The number of carbonyl (C=O) groups excluding carboxylic acids is 1. The monoisotopic (exact) mass is 341 g/mol. The lowest BCUT2D eigenvalue weighted by atomic mass is 10.00. The van der Waals surface area contributed by atoms with Crippen molar-refractivity contribution in [2.45, 2.75) is 18.9 Å². The molecule has 0 saturated heterocycles. The number of urea groups is 1. The third-order valence-electron chi connectivity index (χ3n) is 4.27. The second-order valence-electron chi connectivity index (χ2n) is 6.40. The van der Waals surface area contributed by atoms with Crippen molar-refractivity contribution in [1.29, 1.82) is 0 Å². The number of fused-ring (bicyclic) bond motifs is 1. The third kappa shape index (κ3) is 4.00. The molecule has 132 valence electrons. The Kier molecular flexibility index (Phi) is 4.76. The molecule has 4 N–H and O–H groups in total. The predicted molar refractivity (Wildman–Crippen MR) is 96.2 cm³/mol. The first-order valence-electron chi connectivity index (χ1n) is 8.24. The van der Waals surface area contributed by atoms with E-state index in [-0.39, 0.29) is 12.6 Å². The summed E-state index contributed by atoms with van der Waals surface area (Å²) in [4.78, 5) is 15.2. The number of benzene rings is 1. The first-order valence-corrected chi connectivity index (χ1v) is 8.24. The molecule has 2 aromatic heterocycles. The largest absolute Gasteiger partial charge is 0.383 e. The molecule has 1 atom stereocenters. The van der Waals surface area contributed by atoms with Crippen LogP contribution in [0.3, 0.4) is 0 Å². The van der Waals surface area contributed by atoms with Crippen molar-refractivity contribution in [2.24, 2.45) is 7.05 Å². The molecule has 2 amide bonds. The molecule has 0 spiro atoms. The molecule has 7 nitrogen and oxygen atoms in total. The standard InChI is InChI=1S/C18H23N5O2/c1-18(25,14-10-22-23(2)11-14)12-21-17(24)19-8-7-13-9-20-16-6-4-3-5-15(13)16/h3-6,9-11,20,25H,7-8,12H2,1-2H3,(H2,19,21,24). The average Bonchev–Trinajstić information content (AvgIpc) is 3.20. The number of nitrogens with one attached hydrogen (secondary N) is 3. The molecule has 7 heteroatoms. The van der Waals surface area contributed by atoms with E-state index in [1.165, 1.54) is 10.9 Å². The lowest BCUT2D eigenvalue weighted by molar-refractivity contribution is 0.0593. The van der Waals surface area contributed by atoms with Gasteiger partial charge in [0.2, 0.25) is 0 Å². The highest BCUT2D eigenvalue weighted by atomic mass is 16.3. The molecule has 1 unspecified atom stereocenters. The number of hydrogen-bond acceptors (Lipinski definition) is 3. The molecule has 25 heavy (non-hydrogen) atoms. The maximum atomic E-state index is 12.0. The fraction of sp³-hybridized carbons (Fsp3) is 0.333. The number of H-pyrrole nitrogens is 1. The predicted octanol–water partition coefficient (Wildman–Crippen LogP) is 1.65. The highest BCUT2D eigenvalue weighted by molar-refractivity contribution is 5.83. The number of aromatic amines is 1.